The molecule has 3 rings (SSSR count). The van der Waals surface area contributed by atoms with Crippen molar-refractivity contribution >= 4 is 57.5 Å². The van der Waals surface area contributed by atoms with E-state index in [0.29, 0.717) is 42.2 Å². The summed E-state index contributed by atoms with van der Waals surface area (Å²) in [5.41, 5.74) is 1.90. The molecule has 3 amide bonds. The summed E-state index contributed by atoms with van der Waals surface area (Å²) >= 11 is 2.67. The number of methoxy groups -OCH3 is 1. The van der Waals surface area contributed by atoms with Crippen LogP contribution in [-0.2, 0) is 32.1 Å². The number of hydrogen-bond acceptors (Lipinski definition) is 7. The lowest BCUT2D eigenvalue weighted by atomic mass is 10.0. The van der Waals surface area contributed by atoms with Crippen LogP contribution in [0.15, 0.2) is 29.2 Å². The van der Waals surface area contributed by atoms with E-state index >= 15 is 0 Å². The number of thioether (sulfide) groups is 1. The van der Waals surface area contributed by atoms with Crippen molar-refractivity contribution in [2.75, 3.05) is 24.3 Å². The first-order chi connectivity index (χ1) is 16.7. The van der Waals surface area contributed by atoms with E-state index < -0.39 is 11.2 Å². The fraction of sp³-hybridized carbons (Fsp3) is 0.440. The third-order valence-corrected chi connectivity index (χ3v) is 7.91. The summed E-state index contributed by atoms with van der Waals surface area (Å²) < 4.78 is 4.98. The van der Waals surface area contributed by atoms with Gasteiger partial charge in [0.1, 0.15) is 5.00 Å². The van der Waals surface area contributed by atoms with Crippen LogP contribution >= 0.6 is 23.1 Å². The molecule has 2 N–H and O–H groups in total. The molecule has 0 spiro atoms. The first kappa shape index (κ1) is 26.7. The van der Waals surface area contributed by atoms with E-state index in [2.05, 4.69) is 10.6 Å². The van der Waals surface area contributed by atoms with Crippen LogP contribution in [-0.4, -0.2) is 47.5 Å². The Morgan fingerprint density at radius 1 is 1.23 bits per heavy atom. The minimum absolute atomic E-state index is 0.0249. The normalized spacial score (nSPS) is 13.5. The predicted octanol–water partition coefficient (Wildman–Crippen LogP) is 4.69. The summed E-state index contributed by atoms with van der Waals surface area (Å²) in [6, 6.07) is 7.39. The molecule has 188 valence electrons. The fourth-order valence-electron chi connectivity index (χ4n) is 3.76. The van der Waals surface area contributed by atoms with Crippen molar-refractivity contribution in [3.05, 3.63) is 40.3 Å². The number of amides is 3. The standard InChI is InChI=1S/C25H31N3O5S2/c1-5-6-10-21(30)26-17-8-7-9-18(13-17)34-15(2)23(31)27-24-22(25(32)33-4)19-11-12-28(16(3)29)14-20(19)35-24/h7-9,13,15H,5-6,10-12,14H2,1-4H3,(H,26,30)(H,27,31). The maximum Gasteiger partial charge on any atom is 0.341 e. The number of esters is 1. The third kappa shape index (κ3) is 6.85. The van der Waals surface area contributed by atoms with Crippen molar-refractivity contribution in [3.8, 4) is 0 Å². The van der Waals surface area contributed by atoms with E-state index in [-0.39, 0.29) is 17.7 Å². The number of fused-ring (bicyclic) bond motifs is 1. The van der Waals surface area contributed by atoms with Crippen molar-refractivity contribution in [2.45, 2.75) is 63.1 Å². The van der Waals surface area contributed by atoms with Gasteiger partial charge in [0.15, 0.2) is 0 Å². The highest BCUT2D eigenvalue weighted by Crippen LogP contribution is 2.38. The SMILES string of the molecule is CCCCC(=O)Nc1cccc(SC(C)C(=O)Nc2sc3c(c2C(=O)OC)CCN(C(C)=O)C3)c1. The van der Waals surface area contributed by atoms with E-state index in [4.69, 9.17) is 4.74 Å². The van der Waals surface area contributed by atoms with E-state index in [1.54, 1.807) is 11.8 Å². The molecule has 1 atom stereocenters. The van der Waals surface area contributed by atoms with Gasteiger partial charge in [-0.1, -0.05) is 19.4 Å². The third-order valence-electron chi connectivity index (χ3n) is 5.69. The maximum absolute atomic E-state index is 13.0. The summed E-state index contributed by atoms with van der Waals surface area (Å²) in [7, 11) is 1.31. The number of benzene rings is 1. The highest BCUT2D eigenvalue weighted by Gasteiger charge is 2.30. The summed E-state index contributed by atoms with van der Waals surface area (Å²) in [5, 5.41) is 5.78. The lowest BCUT2D eigenvalue weighted by Gasteiger charge is -2.25. The molecule has 1 aromatic heterocycles. The molecule has 0 saturated carbocycles. The van der Waals surface area contributed by atoms with Crippen LogP contribution in [0.5, 0.6) is 0 Å². The average Bonchev–Trinajstić information content (AvgIpc) is 3.19. The molecular weight excluding hydrogens is 486 g/mol. The molecule has 8 nitrogen and oxygen atoms in total. The monoisotopic (exact) mass is 517 g/mol. The molecule has 1 aliphatic rings. The Bertz CT molecular complexity index is 1110. The van der Waals surface area contributed by atoms with Crippen molar-refractivity contribution < 1.29 is 23.9 Å². The molecule has 2 aromatic rings. The van der Waals surface area contributed by atoms with Crippen LogP contribution < -0.4 is 10.6 Å². The number of unbranched alkanes of at least 4 members (excludes halogenated alkanes) is 1. The van der Waals surface area contributed by atoms with Gasteiger partial charge in [0.05, 0.1) is 24.5 Å². The lowest BCUT2D eigenvalue weighted by molar-refractivity contribution is -0.129. The number of thiophene rings is 1. The Morgan fingerprint density at radius 2 is 2.00 bits per heavy atom. The van der Waals surface area contributed by atoms with Gasteiger partial charge in [-0.15, -0.1) is 23.1 Å². The molecular formula is C25H31N3O5S2. The fourth-order valence-corrected chi connectivity index (χ4v) is 5.94. The molecule has 2 heterocycles. The smallest absolute Gasteiger partial charge is 0.341 e. The van der Waals surface area contributed by atoms with Crippen LogP contribution in [0.2, 0.25) is 0 Å². The molecule has 1 unspecified atom stereocenters. The minimum Gasteiger partial charge on any atom is -0.465 e. The Hall–Kier alpha value is -2.85. The number of nitrogens with zero attached hydrogens (tertiary/aromatic N) is 1. The zero-order valence-corrected chi connectivity index (χ0v) is 22.1. The van der Waals surface area contributed by atoms with Crippen LogP contribution in [0.3, 0.4) is 0 Å². The number of ether oxygens (including phenoxy) is 1. The van der Waals surface area contributed by atoms with Gasteiger partial charge < -0.3 is 20.3 Å². The topological polar surface area (TPSA) is 105 Å². The van der Waals surface area contributed by atoms with Crippen LogP contribution in [0.25, 0.3) is 0 Å². The summed E-state index contributed by atoms with van der Waals surface area (Å²) in [6.07, 6.45) is 2.80. The molecule has 0 radical (unpaired) electrons. The Morgan fingerprint density at radius 3 is 2.69 bits per heavy atom. The molecule has 1 aliphatic heterocycles. The zero-order valence-electron chi connectivity index (χ0n) is 20.4. The van der Waals surface area contributed by atoms with Crippen LogP contribution in [0.1, 0.15) is 60.8 Å². The molecule has 0 aliphatic carbocycles. The highest BCUT2D eigenvalue weighted by atomic mass is 32.2. The molecule has 0 fully saturated rings. The number of hydrogen-bond donors (Lipinski definition) is 2. The van der Waals surface area contributed by atoms with Crippen LogP contribution in [0, 0.1) is 0 Å². The minimum atomic E-state index is -0.499. The van der Waals surface area contributed by atoms with Gasteiger partial charge in [-0.3, -0.25) is 14.4 Å². The second kappa shape index (κ2) is 12.2. The van der Waals surface area contributed by atoms with Gasteiger partial charge in [-0.05, 0) is 43.5 Å². The van der Waals surface area contributed by atoms with Crippen molar-refractivity contribution in [3.63, 3.8) is 0 Å². The summed E-state index contributed by atoms with van der Waals surface area (Å²) in [5.74, 6) is -0.802. The largest absolute Gasteiger partial charge is 0.465 e. The molecule has 0 saturated heterocycles. The van der Waals surface area contributed by atoms with E-state index in [0.717, 1.165) is 28.2 Å². The van der Waals surface area contributed by atoms with Crippen molar-refractivity contribution in [1.82, 2.24) is 4.90 Å². The first-order valence-electron chi connectivity index (χ1n) is 11.6. The second-order valence-electron chi connectivity index (χ2n) is 8.32. The summed E-state index contributed by atoms with van der Waals surface area (Å²) in [6.45, 7) is 6.28. The van der Waals surface area contributed by atoms with E-state index in [1.807, 2.05) is 31.2 Å². The molecule has 10 heteroatoms. The number of carbonyl (C=O) groups excluding carboxylic acids is 4. The van der Waals surface area contributed by atoms with Gasteiger partial charge in [0.2, 0.25) is 17.7 Å². The Kier molecular flexibility index (Phi) is 9.33. The van der Waals surface area contributed by atoms with Gasteiger partial charge in [0, 0.05) is 35.3 Å². The molecule has 0 bridgehead atoms. The number of carbonyl (C=O) groups is 4. The highest BCUT2D eigenvalue weighted by molar-refractivity contribution is 8.00. The predicted molar refractivity (Wildman–Crippen MR) is 139 cm³/mol. The molecule has 1 aromatic carbocycles. The zero-order chi connectivity index (χ0) is 25.5. The van der Waals surface area contributed by atoms with E-state index in [9.17, 15) is 19.2 Å². The number of rotatable bonds is 9. The number of anilines is 2. The number of nitrogens with one attached hydrogen (secondary N) is 2. The van der Waals surface area contributed by atoms with Gasteiger partial charge in [-0.2, -0.15) is 0 Å². The van der Waals surface area contributed by atoms with Gasteiger partial charge in [0.25, 0.3) is 0 Å². The van der Waals surface area contributed by atoms with E-state index in [1.165, 1.54) is 37.1 Å². The van der Waals surface area contributed by atoms with Crippen molar-refractivity contribution in [2.24, 2.45) is 0 Å². The van der Waals surface area contributed by atoms with Gasteiger partial charge in [-0.25, -0.2) is 4.79 Å². The van der Waals surface area contributed by atoms with Gasteiger partial charge >= 0.3 is 5.97 Å². The lowest BCUT2D eigenvalue weighted by Crippen LogP contribution is -2.33. The average molecular weight is 518 g/mol. The molecule has 35 heavy (non-hydrogen) atoms. The second-order valence-corrected chi connectivity index (χ2v) is 10.8. The van der Waals surface area contributed by atoms with Crippen molar-refractivity contribution in [1.29, 1.82) is 0 Å². The Balaban J connectivity index is 1.71. The maximum atomic E-state index is 13.0. The first-order valence-corrected chi connectivity index (χ1v) is 13.3. The summed E-state index contributed by atoms with van der Waals surface area (Å²) in [4.78, 5) is 52.8. The van der Waals surface area contributed by atoms with Crippen LogP contribution in [0.4, 0.5) is 10.7 Å². The quantitative estimate of drug-likeness (QED) is 0.369. The Labute approximate surface area is 213 Å².